The third-order valence-corrected chi connectivity index (χ3v) is 4.33. The minimum absolute atomic E-state index is 0.348. The SMILES string of the molecule is CCc1cccc(-n2nn[nH]c2=O)c1COc1ccc(Br)cc1C. The van der Waals surface area contributed by atoms with Crippen LogP contribution in [0.4, 0.5) is 0 Å². The number of benzene rings is 2. The molecule has 1 N–H and O–H groups in total. The number of aryl methyl sites for hydroxylation is 2. The highest BCUT2D eigenvalue weighted by Crippen LogP contribution is 2.25. The summed E-state index contributed by atoms with van der Waals surface area (Å²) in [6.45, 7) is 4.41. The van der Waals surface area contributed by atoms with E-state index in [0.29, 0.717) is 12.3 Å². The molecule has 0 amide bonds. The second-order valence-electron chi connectivity index (χ2n) is 5.39. The molecule has 0 atom stereocenters. The molecule has 7 heteroatoms. The van der Waals surface area contributed by atoms with E-state index >= 15 is 0 Å². The van der Waals surface area contributed by atoms with Gasteiger partial charge in [-0.05, 0) is 59.2 Å². The summed E-state index contributed by atoms with van der Waals surface area (Å²) in [7, 11) is 0. The third kappa shape index (κ3) is 3.26. The van der Waals surface area contributed by atoms with Crippen molar-refractivity contribution in [2.75, 3.05) is 0 Å². The number of halogens is 1. The van der Waals surface area contributed by atoms with Gasteiger partial charge in [-0.25, -0.2) is 9.89 Å². The van der Waals surface area contributed by atoms with Crippen molar-refractivity contribution in [1.82, 2.24) is 20.2 Å². The Morgan fingerprint density at radius 3 is 2.79 bits per heavy atom. The minimum atomic E-state index is -0.371. The maximum Gasteiger partial charge on any atom is 0.365 e. The molecule has 24 heavy (non-hydrogen) atoms. The molecule has 1 heterocycles. The van der Waals surface area contributed by atoms with Crippen molar-refractivity contribution in [2.24, 2.45) is 0 Å². The van der Waals surface area contributed by atoms with Crippen molar-refractivity contribution in [3.63, 3.8) is 0 Å². The zero-order valence-electron chi connectivity index (χ0n) is 13.4. The average Bonchev–Trinajstić information content (AvgIpc) is 2.99. The fourth-order valence-electron chi connectivity index (χ4n) is 2.60. The van der Waals surface area contributed by atoms with Crippen LogP contribution < -0.4 is 10.4 Å². The van der Waals surface area contributed by atoms with E-state index in [9.17, 15) is 4.79 Å². The normalized spacial score (nSPS) is 10.8. The standard InChI is InChI=1S/C17H17BrN4O2/c1-3-12-5-4-6-15(22-17(23)19-20-21-22)14(12)10-24-16-8-7-13(18)9-11(16)2/h4-9H,3,10H2,1-2H3,(H,19,21,23). The number of tetrazole rings is 1. The van der Waals surface area contributed by atoms with Crippen molar-refractivity contribution in [2.45, 2.75) is 26.9 Å². The van der Waals surface area contributed by atoms with Crippen LogP contribution in [-0.2, 0) is 13.0 Å². The molecule has 1 aromatic heterocycles. The smallest absolute Gasteiger partial charge is 0.365 e. The quantitative estimate of drug-likeness (QED) is 0.728. The van der Waals surface area contributed by atoms with Crippen LogP contribution in [0.25, 0.3) is 5.69 Å². The van der Waals surface area contributed by atoms with Crippen LogP contribution in [0, 0.1) is 6.92 Å². The molecule has 3 aromatic rings. The largest absolute Gasteiger partial charge is 0.489 e. The lowest BCUT2D eigenvalue weighted by Crippen LogP contribution is -2.19. The number of nitrogens with one attached hydrogen (secondary N) is 1. The Morgan fingerprint density at radius 2 is 2.12 bits per heavy atom. The molecular weight excluding hydrogens is 372 g/mol. The van der Waals surface area contributed by atoms with Crippen molar-refractivity contribution in [3.05, 3.63) is 68.0 Å². The Bertz CT molecular complexity index is 917. The Balaban J connectivity index is 1.97. The zero-order valence-corrected chi connectivity index (χ0v) is 15.0. The lowest BCUT2D eigenvalue weighted by atomic mass is 10.0. The maximum absolute atomic E-state index is 11.9. The summed E-state index contributed by atoms with van der Waals surface area (Å²) in [5, 5.41) is 9.73. The van der Waals surface area contributed by atoms with Crippen LogP contribution >= 0.6 is 15.9 Å². The van der Waals surface area contributed by atoms with Gasteiger partial charge in [0.1, 0.15) is 12.4 Å². The fraction of sp³-hybridized carbons (Fsp3) is 0.235. The summed E-state index contributed by atoms with van der Waals surface area (Å²) in [4.78, 5) is 11.9. The number of aromatic nitrogens is 4. The molecule has 0 saturated heterocycles. The van der Waals surface area contributed by atoms with Crippen LogP contribution in [0.3, 0.4) is 0 Å². The van der Waals surface area contributed by atoms with Gasteiger partial charge in [0.05, 0.1) is 5.69 Å². The highest BCUT2D eigenvalue weighted by Gasteiger charge is 2.13. The predicted octanol–water partition coefficient (Wildman–Crippen LogP) is 3.17. The number of hydrogen-bond donors (Lipinski definition) is 1. The van der Waals surface area contributed by atoms with Crippen molar-refractivity contribution in [1.29, 1.82) is 0 Å². The Morgan fingerprint density at radius 1 is 1.29 bits per heavy atom. The summed E-state index contributed by atoms with van der Waals surface area (Å²) in [6.07, 6.45) is 0.832. The third-order valence-electron chi connectivity index (χ3n) is 3.84. The molecular formula is C17H17BrN4O2. The molecule has 2 aromatic carbocycles. The van der Waals surface area contributed by atoms with Crippen LogP contribution in [-0.4, -0.2) is 20.2 Å². The first kappa shape index (κ1) is 16.4. The van der Waals surface area contributed by atoms with E-state index in [4.69, 9.17) is 4.74 Å². The van der Waals surface area contributed by atoms with E-state index in [2.05, 4.69) is 38.4 Å². The van der Waals surface area contributed by atoms with Gasteiger partial charge in [-0.15, -0.1) is 0 Å². The van der Waals surface area contributed by atoms with Crippen molar-refractivity contribution in [3.8, 4) is 11.4 Å². The molecule has 0 bridgehead atoms. The van der Waals surface area contributed by atoms with Gasteiger partial charge < -0.3 is 4.74 Å². The van der Waals surface area contributed by atoms with E-state index in [1.54, 1.807) is 0 Å². The zero-order chi connectivity index (χ0) is 17.1. The first-order valence-corrected chi connectivity index (χ1v) is 8.40. The van der Waals surface area contributed by atoms with Gasteiger partial charge >= 0.3 is 5.69 Å². The van der Waals surface area contributed by atoms with E-state index in [-0.39, 0.29) is 5.69 Å². The highest BCUT2D eigenvalue weighted by molar-refractivity contribution is 9.10. The summed E-state index contributed by atoms with van der Waals surface area (Å²) in [5.74, 6) is 0.808. The van der Waals surface area contributed by atoms with Crippen LogP contribution in [0.2, 0.25) is 0 Å². The lowest BCUT2D eigenvalue weighted by Gasteiger charge is -2.15. The van der Waals surface area contributed by atoms with Gasteiger partial charge in [0.25, 0.3) is 0 Å². The molecule has 124 valence electrons. The molecule has 6 nitrogen and oxygen atoms in total. The molecule has 3 rings (SSSR count). The number of aromatic amines is 1. The Hall–Kier alpha value is -2.41. The van der Waals surface area contributed by atoms with E-state index in [0.717, 1.165) is 33.3 Å². The minimum Gasteiger partial charge on any atom is -0.489 e. The van der Waals surface area contributed by atoms with Gasteiger partial charge in [-0.1, -0.05) is 35.0 Å². The number of rotatable bonds is 5. The predicted molar refractivity (Wildman–Crippen MR) is 94.6 cm³/mol. The molecule has 0 radical (unpaired) electrons. The number of hydrogen-bond acceptors (Lipinski definition) is 4. The van der Waals surface area contributed by atoms with Crippen molar-refractivity contribution >= 4 is 15.9 Å². The Kier molecular flexibility index (Phi) is 4.80. The molecule has 0 aliphatic carbocycles. The molecule has 0 fully saturated rings. The number of ether oxygens (including phenoxy) is 1. The van der Waals surface area contributed by atoms with Gasteiger partial charge in [0, 0.05) is 10.0 Å². The van der Waals surface area contributed by atoms with Crippen LogP contribution in [0.5, 0.6) is 5.75 Å². The molecule has 0 aliphatic heterocycles. The van der Waals surface area contributed by atoms with Crippen LogP contribution in [0.15, 0.2) is 45.7 Å². The number of H-pyrrole nitrogens is 1. The van der Waals surface area contributed by atoms with E-state index in [1.165, 1.54) is 4.68 Å². The first-order valence-electron chi connectivity index (χ1n) is 7.60. The summed E-state index contributed by atoms with van der Waals surface area (Å²) in [5.41, 5.74) is 3.39. The van der Waals surface area contributed by atoms with Crippen LogP contribution in [0.1, 0.15) is 23.6 Å². The molecule has 0 aliphatic rings. The van der Waals surface area contributed by atoms with E-state index in [1.807, 2.05) is 43.3 Å². The number of nitrogens with zero attached hydrogens (tertiary/aromatic N) is 3. The van der Waals surface area contributed by atoms with Gasteiger partial charge in [0.15, 0.2) is 0 Å². The fourth-order valence-corrected chi connectivity index (χ4v) is 3.07. The molecule has 0 spiro atoms. The summed E-state index contributed by atoms with van der Waals surface area (Å²) < 4.78 is 8.27. The second kappa shape index (κ2) is 7.00. The maximum atomic E-state index is 11.9. The molecule has 0 unspecified atom stereocenters. The van der Waals surface area contributed by atoms with Gasteiger partial charge in [-0.3, -0.25) is 0 Å². The summed E-state index contributed by atoms with van der Waals surface area (Å²) in [6, 6.07) is 11.7. The molecule has 0 saturated carbocycles. The van der Waals surface area contributed by atoms with E-state index < -0.39 is 0 Å². The van der Waals surface area contributed by atoms with Gasteiger partial charge in [-0.2, -0.15) is 4.68 Å². The topological polar surface area (TPSA) is 72.8 Å². The van der Waals surface area contributed by atoms with Crippen molar-refractivity contribution < 1.29 is 4.74 Å². The second-order valence-corrected chi connectivity index (χ2v) is 6.30. The lowest BCUT2D eigenvalue weighted by molar-refractivity contribution is 0.302. The monoisotopic (exact) mass is 388 g/mol. The Labute approximate surface area is 147 Å². The van der Waals surface area contributed by atoms with Gasteiger partial charge in [0.2, 0.25) is 0 Å². The average molecular weight is 389 g/mol. The summed E-state index contributed by atoms with van der Waals surface area (Å²) >= 11 is 3.45. The first-order chi connectivity index (χ1) is 11.6. The highest BCUT2D eigenvalue weighted by atomic mass is 79.9.